The van der Waals surface area contributed by atoms with E-state index >= 15 is 0 Å². The number of nitrogens with zero attached hydrogens (tertiary/aromatic N) is 2. The summed E-state index contributed by atoms with van der Waals surface area (Å²) in [5, 5.41) is 28.3. The zero-order valence-corrected chi connectivity index (χ0v) is 9.17. The van der Waals surface area contributed by atoms with E-state index in [-0.39, 0.29) is 13.0 Å². The monoisotopic (exact) mass is 229 g/mol. The average molecular weight is 229 g/mol. The number of carboxylic acid groups (broad SMARTS) is 1. The highest BCUT2D eigenvalue weighted by Gasteiger charge is 2.25. The van der Waals surface area contributed by atoms with Gasteiger partial charge in [-0.3, -0.25) is 0 Å². The van der Waals surface area contributed by atoms with Crippen LogP contribution < -0.4 is 5.32 Å². The van der Waals surface area contributed by atoms with Crippen LogP contribution in [0.1, 0.15) is 13.3 Å². The van der Waals surface area contributed by atoms with Crippen LogP contribution in [0.4, 0.5) is 4.79 Å². The number of nitrogens with one attached hydrogen (secondary N) is 1. The molecule has 3 N–H and O–H groups in total. The Kier molecular flexibility index (Phi) is 5.88. The van der Waals surface area contributed by atoms with Crippen molar-refractivity contribution < 1.29 is 19.8 Å². The Hall–Kier alpha value is -1.81. The molecule has 2 amide bonds. The summed E-state index contributed by atoms with van der Waals surface area (Å²) in [6.45, 7) is 1.48. The number of urea groups is 1. The molecule has 0 aromatic rings. The average Bonchev–Trinajstić information content (AvgIpc) is 2.20. The molecule has 0 radical (unpaired) electrons. The largest absolute Gasteiger partial charge is 0.480 e. The smallest absolute Gasteiger partial charge is 0.328 e. The molecule has 0 saturated heterocycles. The van der Waals surface area contributed by atoms with Crippen molar-refractivity contribution in [3.63, 3.8) is 0 Å². The molecule has 7 nitrogen and oxygen atoms in total. The number of carbonyl (C=O) groups is 2. The summed E-state index contributed by atoms with van der Waals surface area (Å²) < 4.78 is 0. The highest BCUT2D eigenvalue weighted by Crippen LogP contribution is 1.96. The zero-order valence-electron chi connectivity index (χ0n) is 9.17. The van der Waals surface area contributed by atoms with Crippen LogP contribution in [0.2, 0.25) is 0 Å². The van der Waals surface area contributed by atoms with Gasteiger partial charge in [0, 0.05) is 13.6 Å². The molecule has 0 heterocycles. The van der Waals surface area contributed by atoms with E-state index in [2.05, 4.69) is 5.32 Å². The second kappa shape index (κ2) is 6.63. The summed E-state index contributed by atoms with van der Waals surface area (Å²) in [4.78, 5) is 23.2. The van der Waals surface area contributed by atoms with Gasteiger partial charge in [0.25, 0.3) is 0 Å². The normalized spacial score (nSPS) is 13.4. The van der Waals surface area contributed by atoms with Gasteiger partial charge in [0.2, 0.25) is 0 Å². The van der Waals surface area contributed by atoms with Crippen LogP contribution >= 0.6 is 0 Å². The first-order valence-electron chi connectivity index (χ1n) is 4.69. The molecule has 0 aromatic heterocycles. The van der Waals surface area contributed by atoms with E-state index in [0.717, 1.165) is 0 Å². The number of nitriles is 1. The number of amides is 2. The van der Waals surface area contributed by atoms with Gasteiger partial charge in [-0.2, -0.15) is 5.26 Å². The van der Waals surface area contributed by atoms with E-state index in [9.17, 15) is 9.59 Å². The predicted molar refractivity (Wildman–Crippen MR) is 54.5 cm³/mol. The third-order valence-electron chi connectivity index (χ3n) is 1.93. The lowest BCUT2D eigenvalue weighted by atomic mass is 10.2. The molecule has 0 saturated carbocycles. The number of carboxylic acids is 1. The molecular weight excluding hydrogens is 214 g/mol. The van der Waals surface area contributed by atoms with Gasteiger partial charge in [-0.15, -0.1) is 0 Å². The number of rotatable bonds is 5. The molecule has 0 bridgehead atoms. The minimum absolute atomic E-state index is 0.163. The van der Waals surface area contributed by atoms with E-state index in [1.54, 1.807) is 0 Å². The van der Waals surface area contributed by atoms with E-state index in [1.807, 2.05) is 6.07 Å². The molecule has 2 atom stereocenters. The van der Waals surface area contributed by atoms with Crippen molar-refractivity contribution in [1.29, 1.82) is 5.26 Å². The Morgan fingerprint density at radius 1 is 1.56 bits per heavy atom. The molecule has 0 rings (SSSR count). The maximum Gasteiger partial charge on any atom is 0.328 e. The number of carbonyl (C=O) groups excluding carboxylic acids is 1. The molecule has 16 heavy (non-hydrogen) atoms. The topological polar surface area (TPSA) is 114 Å². The minimum Gasteiger partial charge on any atom is -0.480 e. The van der Waals surface area contributed by atoms with Crippen molar-refractivity contribution in [3.8, 4) is 6.07 Å². The van der Waals surface area contributed by atoms with E-state index in [4.69, 9.17) is 15.5 Å². The summed E-state index contributed by atoms with van der Waals surface area (Å²) in [6.07, 6.45) is -1.03. The fourth-order valence-corrected chi connectivity index (χ4v) is 0.951. The molecule has 7 heteroatoms. The Morgan fingerprint density at radius 3 is 2.50 bits per heavy atom. The molecule has 0 fully saturated rings. The van der Waals surface area contributed by atoms with Crippen molar-refractivity contribution in [3.05, 3.63) is 0 Å². The van der Waals surface area contributed by atoms with Crippen molar-refractivity contribution in [2.45, 2.75) is 25.5 Å². The van der Waals surface area contributed by atoms with Gasteiger partial charge in [0.15, 0.2) is 6.04 Å². The number of hydrogen-bond acceptors (Lipinski definition) is 4. The molecule has 90 valence electrons. The Bertz CT molecular complexity index is 298. The maximum absolute atomic E-state index is 11.4. The first kappa shape index (κ1) is 14.2. The van der Waals surface area contributed by atoms with E-state index in [0.29, 0.717) is 0 Å². The molecule has 0 unspecified atom stereocenters. The summed E-state index contributed by atoms with van der Waals surface area (Å²) in [5.41, 5.74) is 0. The van der Waals surface area contributed by atoms with Crippen LogP contribution in [0.3, 0.4) is 0 Å². The number of aliphatic hydroxyl groups excluding tert-OH is 1. The number of aliphatic hydroxyl groups is 1. The lowest BCUT2D eigenvalue weighted by Gasteiger charge is -2.21. The van der Waals surface area contributed by atoms with Crippen molar-refractivity contribution in [2.75, 3.05) is 13.6 Å². The van der Waals surface area contributed by atoms with Crippen LogP contribution in [-0.4, -0.2) is 52.9 Å². The van der Waals surface area contributed by atoms with Gasteiger partial charge in [-0.1, -0.05) is 0 Å². The first-order valence-corrected chi connectivity index (χ1v) is 4.69. The molecule has 0 aromatic carbocycles. The van der Waals surface area contributed by atoms with Gasteiger partial charge in [-0.25, -0.2) is 9.59 Å². The van der Waals surface area contributed by atoms with Gasteiger partial charge >= 0.3 is 12.0 Å². The molecular formula is C9H15N3O4. The first-order chi connectivity index (χ1) is 7.40. The van der Waals surface area contributed by atoms with Crippen LogP contribution in [0.25, 0.3) is 0 Å². The third kappa shape index (κ3) is 4.61. The molecule has 0 spiro atoms. The Labute approximate surface area is 93.3 Å². The van der Waals surface area contributed by atoms with Crippen LogP contribution in [0.15, 0.2) is 0 Å². The van der Waals surface area contributed by atoms with E-state index < -0.39 is 24.1 Å². The highest BCUT2D eigenvalue weighted by atomic mass is 16.4. The number of aliphatic carboxylic acids is 1. The Balaban J connectivity index is 4.30. The van der Waals surface area contributed by atoms with Crippen molar-refractivity contribution in [1.82, 2.24) is 10.2 Å². The molecule has 0 aliphatic heterocycles. The minimum atomic E-state index is -1.35. The van der Waals surface area contributed by atoms with Crippen LogP contribution in [0, 0.1) is 11.3 Å². The Morgan fingerprint density at radius 2 is 2.12 bits per heavy atom. The van der Waals surface area contributed by atoms with Gasteiger partial charge in [0.05, 0.1) is 18.6 Å². The standard InChI is InChI=1S/C9H15N3O4/c1-6(13)7(8(14)15)11-9(16)12(2)5-3-4-10/h6-7,13H,3,5H2,1-2H3,(H,11,16)(H,14,15)/t6-,7+/m1/s1. The fraction of sp³-hybridized carbons (Fsp3) is 0.667. The zero-order chi connectivity index (χ0) is 12.7. The summed E-state index contributed by atoms with van der Waals surface area (Å²) in [6, 6.07) is -0.121. The van der Waals surface area contributed by atoms with Crippen LogP contribution in [0.5, 0.6) is 0 Å². The van der Waals surface area contributed by atoms with Crippen LogP contribution in [-0.2, 0) is 4.79 Å². The van der Waals surface area contributed by atoms with Gasteiger partial charge in [-0.05, 0) is 6.92 Å². The van der Waals surface area contributed by atoms with Gasteiger partial charge < -0.3 is 20.4 Å². The van der Waals surface area contributed by atoms with Crippen molar-refractivity contribution >= 4 is 12.0 Å². The second-order valence-corrected chi connectivity index (χ2v) is 3.34. The maximum atomic E-state index is 11.4. The summed E-state index contributed by atoms with van der Waals surface area (Å²) in [7, 11) is 1.44. The predicted octanol–water partition coefficient (Wildman–Crippen LogP) is -0.625. The lowest BCUT2D eigenvalue weighted by molar-refractivity contribution is -0.141. The molecule has 0 aliphatic rings. The highest BCUT2D eigenvalue weighted by molar-refractivity contribution is 5.82. The second-order valence-electron chi connectivity index (χ2n) is 3.34. The lowest BCUT2D eigenvalue weighted by Crippen LogP contribution is -2.51. The van der Waals surface area contributed by atoms with Crippen molar-refractivity contribution in [2.24, 2.45) is 0 Å². The fourth-order valence-electron chi connectivity index (χ4n) is 0.951. The van der Waals surface area contributed by atoms with E-state index in [1.165, 1.54) is 18.9 Å². The SMILES string of the molecule is C[C@@H](O)[C@H](NC(=O)N(C)CCC#N)C(=O)O. The third-order valence-corrected chi connectivity index (χ3v) is 1.93. The molecule has 0 aliphatic carbocycles. The summed E-state index contributed by atoms with van der Waals surface area (Å²) >= 11 is 0. The van der Waals surface area contributed by atoms with Gasteiger partial charge in [0.1, 0.15) is 0 Å². The number of hydrogen-bond donors (Lipinski definition) is 3. The quantitative estimate of drug-likeness (QED) is 0.581. The summed E-state index contributed by atoms with van der Waals surface area (Å²) in [5.74, 6) is -1.31.